The molecule has 1 heterocycles. The Morgan fingerprint density at radius 2 is 2.00 bits per heavy atom. The van der Waals surface area contributed by atoms with Crippen LogP contribution in [0.1, 0.15) is 18.5 Å². The smallest absolute Gasteiger partial charge is 0.219 e. The lowest BCUT2D eigenvalue weighted by Gasteiger charge is -2.12. The molecule has 0 aliphatic heterocycles. The highest BCUT2D eigenvalue weighted by atomic mass is 35.5. The van der Waals surface area contributed by atoms with Gasteiger partial charge in [-0.3, -0.25) is 0 Å². The minimum atomic E-state index is 0.222. The molecule has 3 nitrogen and oxygen atoms in total. The van der Waals surface area contributed by atoms with Crippen LogP contribution in [0.2, 0.25) is 10.0 Å². The van der Waals surface area contributed by atoms with Crippen molar-refractivity contribution in [2.24, 2.45) is 0 Å². The highest BCUT2D eigenvalue weighted by Crippen LogP contribution is 2.31. The summed E-state index contributed by atoms with van der Waals surface area (Å²) in [5.74, 6) is 0.986. The normalized spacial score (nSPS) is 12.2. The highest BCUT2D eigenvalue weighted by molar-refractivity contribution is 6.34. The maximum Gasteiger partial charge on any atom is 0.219 e. The Balaban J connectivity index is 2.26. The number of hydrogen-bond donors (Lipinski definition) is 1. The molecule has 19 heavy (non-hydrogen) atoms. The molecule has 1 unspecified atom stereocenters. The summed E-state index contributed by atoms with van der Waals surface area (Å²) in [6, 6.07) is 9.11. The van der Waals surface area contributed by atoms with Crippen LogP contribution in [0.3, 0.4) is 0 Å². The monoisotopic (exact) mass is 296 g/mol. The van der Waals surface area contributed by atoms with E-state index in [9.17, 15) is 0 Å². The predicted molar refractivity (Wildman–Crippen MR) is 78.2 cm³/mol. The van der Waals surface area contributed by atoms with Gasteiger partial charge in [-0.1, -0.05) is 23.2 Å². The number of ether oxygens (including phenoxy) is 1. The summed E-state index contributed by atoms with van der Waals surface area (Å²) in [6.07, 6.45) is 1.71. The summed E-state index contributed by atoms with van der Waals surface area (Å²) in [4.78, 5) is 4.17. The Morgan fingerprint density at radius 1 is 1.21 bits per heavy atom. The van der Waals surface area contributed by atoms with E-state index in [4.69, 9.17) is 27.9 Å². The zero-order valence-electron chi connectivity index (χ0n) is 10.7. The first-order chi connectivity index (χ1) is 9.10. The van der Waals surface area contributed by atoms with Gasteiger partial charge in [-0.15, -0.1) is 0 Å². The lowest BCUT2D eigenvalue weighted by atomic mass is 10.1. The van der Waals surface area contributed by atoms with Gasteiger partial charge in [-0.05, 0) is 37.7 Å². The number of rotatable bonds is 4. The number of benzene rings is 1. The summed E-state index contributed by atoms with van der Waals surface area (Å²) in [5, 5.41) is 4.23. The SMILES string of the molecule is CNC(C)c1ccnc(Oc2cc(Cl)ccc2Cl)c1. The molecule has 0 saturated heterocycles. The van der Waals surface area contributed by atoms with E-state index < -0.39 is 0 Å². The number of pyridine rings is 1. The van der Waals surface area contributed by atoms with Crippen molar-refractivity contribution >= 4 is 23.2 Å². The second-order valence-electron chi connectivity index (χ2n) is 4.11. The Morgan fingerprint density at radius 3 is 2.74 bits per heavy atom. The van der Waals surface area contributed by atoms with Gasteiger partial charge in [0.2, 0.25) is 5.88 Å². The summed E-state index contributed by atoms with van der Waals surface area (Å²) in [6.45, 7) is 2.06. The minimum Gasteiger partial charge on any atom is -0.437 e. The van der Waals surface area contributed by atoms with Gasteiger partial charge in [0, 0.05) is 29.4 Å². The van der Waals surface area contributed by atoms with Crippen LogP contribution in [0, 0.1) is 0 Å². The van der Waals surface area contributed by atoms with Crippen LogP contribution in [0.25, 0.3) is 0 Å². The lowest BCUT2D eigenvalue weighted by molar-refractivity contribution is 0.461. The third-order valence-electron chi connectivity index (χ3n) is 2.80. The van der Waals surface area contributed by atoms with Crippen molar-refractivity contribution in [3.63, 3.8) is 0 Å². The zero-order chi connectivity index (χ0) is 13.8. The van der Waals surface area contributed by atoms with Gasteiger partial charge in [0.05, 0.1) is 5.02 Å². The topological polar surface area (TPSA) is 34.2 Å². The van der Waals surface area contributed by atoms with Crippen molar-refractivity contribution < 1.29 is 4.74 Å². The molecule has 2 aromatic rings. The van der Waals surface area contributed by atoms with Gasteiger partial charge in [0.1, 0.15) is 5.75 Å². The highest BCUT2D eigenvalue weighted by Gasteiger charge is 2.08. The number of nitrogens with one attached hydrogen (secondary N) is 1. The van der Waals surface area contributed by atoms with Crippen LogP contribution in [0.15, 0.2) is 36.5 Å². The van der Waals surface area contributed by atoms with Crippen LogP contribution < -0.4 is 10.1 Å². The van der Waals surface area contributed by atoms with E-state index in [-0.39, 0.29) is 6.04 Å². The molecule has 5 heteroatoms. The van der Waals surface area contributed by atoms with E-state index in [1.165, 1.54) is 0 Å². The van der Waals surface area contributed by atoms with E-state index >= 15 is 0 Å². The first kappa shape index (κ1) is 14.1. The number of hydrogen-bond acceptors (Lipinski definition) is 3. The molecule has 100 valence electrons. The van der Waals surface area contributed by atoms with E-state index in [1.807, 2.05) is 19.2 Å². The van der Waals surface area contributed by atoms with Crippen molar-refractivity contribution in [2.45, 2.75) is 13.0 Å². The van der Waals surface area contributed by atoms with Crippen molar-refractivity contribution in [1.29, 1.82) is 0 Å². The molecule has 0 bridgehead atoms. The maximum atomic E-state index is 6.05. The number of halogens is 2. The molecule has 0 radical (unpaired) electrons. The summed E-state index contributed by atoms with van der Waals surface area (Å²) in [5.41, 5.74) is 1.09. The predicted octanol–water partition coefficient (Wildman–Crippen LogP) is 4.46. The van der Waals surface area contributed by atoms with Crippen molar-refractivity contribution in [3.8, 4) is 11.6 Å². The van der Waals surface area contributed by atoms with Gasteiger partial charge in [0.15, 0.2) is 0 Å². The Kier molecular flexibility index (Phi) is 4.64. The lowest BCUT2D eigenvalue weighted by Crippen LogP contribution is -2.12. The van der Waals surface area contributed by atoms with E-state index in [2.05, 4.69) is 17.2 Å². The summed E-state index contributed by atoms with van der Waals surface area (Å²) < 4.78 is 5.67. The molecule has 0 aliphatic rings. The zero-order valence-corrected chi connectivity index (χ0v) is 12.2. The quantitative estimate of drug-likeness (QED) is 0.904. The fourth-order valence-corrected chi connectivity index (χ4v) is 1.90. The second-order valence-corrected chi connectivity index (χ2v) is 4.96. The molecule has 2 rings (SSSR count). The molecular weight excluding hydrogens is 283 g/mol. The number of nitrogens with zero attached hydrogens (tertiary/aromatic N) is 1. The summed E-state index contributed by atoms with van der Waals surface area (Å²) in [7, 11) is 1.90. The van der Waals surface area contributed by atoms with Crippen LogP contribution in [0.5, 0.6) is 11.6 Å². The molecule has 1 atom stereocenters. The van der Waals surface area contributed by atoms with Crippen LogP contribution >= 0.6 is 23.2 Å². The third kappa shape index (κ3) is 3.60. The van der Waals surface area contributed by atoms with Crippen molar-refractivity contribution in [1.82, 2.24) is 10.3 Å². The fourth-order valence-electron chi connectivity index (χ4n) is 1.58. The fraction of sp³-hybridized carbons (Fsp3) is 0.214. The van der Waals surface area contributed by atoms with Gasteiger partial charge >= 0.3 is 0 Å². The molecule has 0 fully saturated rings. The average molecular weight is 297 g/mol. The molecule has 1 N–H and O–H groups in total. The molecule has 0 amide bonds. The van der Waals surface area contributed by atoms with Crippen molar-refractivity contribution in [3.05, 3.63) is 52.1 Å². The standard InChI is InChI=1S/C14H14Cl2N2O/c1-9(17-2)10-5-6-18-14(7-10)19-13-8-11(15)3-4-12(13)16/h3-9,17H,1-2H3. The van der Waals surface area contributed by atoms with Gasteiger partial charge < -0.3 is 10.1 Å². The van der Waals surface area contributed by atoms with E-state index in [1.54, 1.807) is 24.4 Å². The van der Waals surface area contributed by atoms with Gasteiger partial charge in [0.25, 0.3) is 0 Å². The summed E-state index contributed by atoms with van der Waals surface area (Å²) >= 11 is 12.0. The molecular formula is C14H14Cl2N2O. The first-order valence-corrected chi connectivity index (χ1v) is 6.62. The van der Waals surface area contributed by atoms with Crippen LogP contribution in [0.4, 0.5) is 0 Å². The maximum absolute atomic E-state index is 6.05. The minimum absolute atomic E-state index is 0.222. The van der Waals surface area contributed by atoms with Gasteiger partial charge in [-0.25, -0.2) is 4.98 Å². The molecule has 0 spiro atoms. The number of aromatic nitrogens is 1. The van der Waals surface area contributed by atoms with Crippen LogP contribution in [-0.4, -0.2) is 12.0 Å². The van der Waals surface area contributed by atoms with Crippen LogP contribution in [-0.2, 0) is 0 Å². The Hall–Kier alpha value is -1.29. The van der Waals surface area contributed by atoms with Gasteiger partial charge in [-0.2, -0.15) is 0 Å². The Bertz CT molecular complexity index is 575. The molecule has 1 aromatic carbocycles. The average Bonchev–Trinajstić information content (AvgIpc) is 2.42. The molecule has 0 aliphatic carbocycles. The molecule has 0 saturated carbocycles. The molecule has 1 aromatic heterocycles. The van der Waals surface area contributed by atoms with E-state index in [0.717, 1.165) is 5.56 Å². The third-order valence-corrected chi connectivity index (χ3v) is 3.35. The Labute approximate surface area is 122 Å². The largest absolute Gasteiger partial charge is 0.437 e. The van der Waals surface area contributed by atoms with E-state index in [0.29, 0.717) is 21.7 Å². The van der Waals surface area contributed by atoms with Crippen molar-refractivity contribution in [2.75, 3.05) is 7.05 Å². The first-order valence-electron chi connectivity index (χ1n) is 5.86. The second kappa shape index (κ2) is 6.24.